The summed E-state index contributed by atoms with van der Waals surface area (Å²) in [6, 6.07) is 0. The number of H-pyrrole nitrogens is 1. The van der Waals surface area contributed by atoms with E-state index >= 15 is 0 Å². The number of aromatic nitrogens is 2. The second-order valence-electron chi connectivity index (χ2n) is 7.73. The van der Waals surface area contributed by atoms with E-state index in [2.05, 4.69) is 60.4 Å². The summed E-state index contributed by atoms with van der Waals surface area (Å²) in [5.74, 6) is 1.60. The largest absolute Gasteiger partial charge is 0.345 e. The van der Waals surface area contributed by atoms with Gasteiger partial charge in [0.2, 0.25) is 0 Å². The average Bonchev–Trinajstić information content (AvgIpc) is 2.83. The fourth-order valence-corrected chi connectivity index (χ4v) is 2.56. The van der Waals surface area contributed by atoms with Gasteiger partial charge in [0.15, 0.2) is 0 Å². The van der Waals surface area contributed by atoms with Crippen molar-refractivity contribution in [2.75, 3.05) is 0 Å². The molecule has 0 saturated carbocycles. The number of rotatable bonds is 7. The van der Waals surface area contributed by atoms with Crippen LogP contribution in [0, 0.1) is 0 Å². The average molecular weight is 278 g/mol. The van der Waals surface area contributed by atoms with Crippen molar-refractivity contribution < 1.29 is 0 Å². The molecule has 0 aliphatic rings. The van der Waals surface area contributed by atoms with Crippen molar-refractivity contribution in [2.45, 2.75) is 97.8 Å². The first-order valence-electron chi connectivity index (χ1n) is 8.26. The van der Waals surface area contributed by atoms with Gasteiger partial charge in [-0.1, -0.05) is 68.2 Å². The van der Waals surface area contributed by atoms with Crippen molar-refractivity contribution in [1.29, 1.82) is 0 Å². The molecule has 1 N–H and O–H groups in total. The predicted octanol–water partition coefficient (Wildman–Crippen LogP) is 5.69. The summed E-state index contributed by atoms with van der Waals surface area (Å²) in [5, 5.41) is 0. The van der Waals surface area contributed by atoms with Crippen LogP contribution in [0.3, 0.4) is 0 Å². The van der Waals surface area contributed by atoms with E-state index in [4.69, 9.17) is 4.98 Å². The molecule has 0 aromatic carbocycles. The van der Waals surface area contributed by atoms with E-state index in [1.54, 1.807) is 0 Å². The number of hydrogen-bond acceptors (Lipinski definition) is 1. The minimum atomic E-state index is 0.154. The lowest BCUT2D eigenvalue weighted by molar-refractivity contribution is 0.418. The van der Waals surface area contributed by atoms with E-state index in [1.807, 2.05) is 0 Å². The van der Waals surface area contributed by atoms with Crippen LogP contribution in [0.15, 0.2) is 0 Å². The zero-order valence-electron chi connectivity index (χ0n) is 14.9. The molecule has 0 aliphatic carbocycles. The smallest absolute Gasteiger partial charge is 0.109 e. The van der Waals surface area contributed by atoms with Crippen LogP contribution in [-0.2, 0) is 10.8 Å². The van der Waals surface area contributed by atoms with Gasteiger partial charge in [0.25, 0.3) is 0 Å². The van der Waals surface area contributed by atoms with Crippen molar-refractivity contribution in [3.05, 3.63) is 17.2 Å². The third kappa shape index (κ3) is 3.65. The normalized spacial score (nSPS) is 13.2. The molecule has 0 saturated heterocycles. The lowest BCUT2D eigenvalue weighted by Crippen LogP contribution is -2.26. The molecule has 1 heterocycles. The predicted molar refractivity (Wildman–Crippen MR) is 88.5 cm³/mol. The van der Waals surface area contributed by atoms with Gasteiger partial charge in [-0.3, -0.25) is 0 Å². The van der Waals surface area contributed by atoms with Crippen LogP contribution in [0.25, 0.3) is 0 Å². The Hall–Kier alpha value is -0.790. The molecule has 0 radical (unpaired) electrons. The molecule has 1 aromatic heterocycles. The van der Waals surface area contributed by atoms with E-state index in [-0.39, 0.29) is 10.8 Å². The van der Waals surface area contributed by atoms with Crippen LogP contribution in [0.4, 0.5) is 0 Å². The molecule has 2 heteroatoms. The molecule has 0 spiro atoms. The summed E-state index contributed by atoms with van der Waals surface area (Å²) >= 11 is 0. The van der Waals surface area contributed by atoms with Gasteiger partial charge < -0.3 is 4.98 Å². The van der Waals surface area contributed by atoms with Crippen molar-refractivity contribution in [2.24, 2.45) is 0 Å². The van der Waals surface area contributed by atoms with E-state index in [1.165, 1.54) is 30.7 Å². The Morgan fingerprint density at radius 3 is 2.10 bits per heavy atom. The minimum Gasteiger partial charge on any atom is -0.345 e. The van der Waals surface area contributed by atoms with Crippen LogP contribution in [0.1, 0.15) is 104 Å². The Bertz CT molecular complexity index is 425. The molecule has 0 atom stereocenters. The van der Waals surface area contributed by atoms with Crippen LogP contribution in [-0.4, -0.2) is 9.97 Å². The van der Waals surface area contributed by atoms with Crippen LogP contribution in [0.5, 0.6) is 0 Å². The fraction of sp³-hybridized carbons (Fsp3) is 0.833. The second-order valence-corrected chi connectivity index (χ2v) is 7.73. The zero-order valence-corrected chi connectivity index (χ0v) is 14.9. The van der Waals surface area contributed by atoms with Crippen LogP contribution < -0.4 is 0 Å². The molecular formula is C18H34N2. The van der Waals surface area contributed by atoms with Crippen LogP contribution in [0.2, 0.25) is 0 Å². The molecule has 1 rings (SSSR count). The van der Waals surface area contributed by atoms with Crippen molar-refractivity contribution in [3.63, 3.8) is 0 Å². The molecule has 0 unspecified atom stereocenters. The van der Waals surface area contributed by atoms with Gasteiger partial charge in [-0.25, -0.2) is 4.98 Å². The highest BCUT2D eigenvalue weighted by molar-refractivity contribution is 5.30. The molecular weight excluding hydrogens is 244 g/mol. The number of unbranched alkanes of at least 4 members (excludes halogenated alkanes) is 1. The maximum Gasteiger partial charge on any atom is 0.109 e. The van der Waals surface area contributed by atoms with Crippen molar-refractivity contribution in [1.82, 2.24) is 9.97 Å². The first-order valence-corrected chi connectivity index (χ1v) is 8.26. The van der Waals surface area contributed by atoms with Gasteiger partial charge in [-0.15, -0.1) is 0 Å². The van der Waals surface area contributed by atoms with Gasteiger partial charge in [0, 0.05) is 22.4 Å². The van der Waals surface area contributed by atoms with Gasteiger partial charge >= 0.3 is 0 Å². The monoisotopic (exact) mass is 278 g/mol. The lowest BCUT2D eigenvalue weighted by Gasteiger charge is -2.29. The zero-order chi connectivity index (χ0) is 15.6. The van der Waals surface area contributed by atoms with E-state index < -0.39 is 0 Å². The highest BCUT2D eigenvalue weighted by Crippen LogP contribution is 2.37. The second kappa shape index (κ2) is 6.32. The van der Waals surface area contributed by atoms with Gasteiger partial charge in [0.1, 0.15) is 5.82 Å². The maximum absolute atomic E-state index is 4.99. The number of nitrogens with one attached hydrogen (secondary N) is 1. The number of imidazole rings is 1. The molecule has 0 aliphatic heterocycles. The Labute approximate surface area is 125 Å². The highest BCUT2D eigenvalue weighted by atomic mass is 15.0. The van der Waals surface area contributed by atoms with E-state index in [9.17, 15) is 0 Å². The third-order valence-corrected chi connectivity index (χ3v) is 4.63. The summed E-state index contributed by atoms with van der Waals surface area (Å²) in [6.07, 6.45) is 4.85. The Morgan fingerprint density at radius 2 is 1.65 bits per heavy atom. The summed E-state index contributed by atoms with van der Waals surface area (Å²) < 4.78 is 0. The Morgan fingerprint density at radius 1 is 1.05 bits per heavy atom. The highest BCUT2D eigenvalue weighted by Gasteiger charge is 2.33. The molecule has 0 fully saturated rings. The first kappa shape index (κ1) is 17.3. The Kier molecular flexibility index (Phi) is 5.46. The Balaban J connectivity index is 3.29. The maximum atomic E-state index is 4.99. The summed E-state index contributed by atoms with van der Waals surface area (Å²) in [7, 11) is 0. The summed E-state index contributed by atoms with van der Waals surface area (Å²) in [5.41, 5.74) is 2.96. The molecule has 0 amide bonds. The van der Waals surface area contributed by atoms with Crippen molar-refractivity contribution >= 4 is 0 Å². The number of hydrogen-bond donors (Lipinski definition) is 1. The van der Waals surface area contributed by atoms with Gasteiger partial charge in [-0.05, 0) is 12.8 Å². The van der Waals surface area contributed by atoms with Gasteiger partial charge in [-0.2, -0.15) is 0 Å². The fourth-order valence-electron chi connectivity index (χ4n) is 2.56. The minimum absolute atomic E-state index is 0.154. The van der Waals surface area contributed by atoms with Crippen LogP contribution >= 0.6 is 0 Å². The number of aromatic amines is 1. The SMILES string of the molecule is CCCCC(C)(C)c1nc(C(C)C)[nH]c1C(C)(C)CC. The standard InChI is InChI=1S/C18H34N2/c1-9-11-12-18(7,8)15-14(17(5,6)10-2)19-16(20-15)13(3)4/h13H,9-12H2,1-8H3,(H,19,20). The first-order chi connectivity index (χ1) is 9.15. The molecule has 20 heavy (non-hydrogen) atoms. The summed E-state index contributed by atoms with van der Waals surface area (Å²) in [4.78, 5) is 8.64. The molecule has 0 bridgehead atoms. The third-order valence-electron chi connectivity index (χ3n) is 4.63. The van der Waals surface area contributed by atoms with Crippen molar-refractivity contribution in [3.8, 4) is 0 Å². The quantitative estimate of drug-likeness (QED) is 0.682. The molecule has 1 aromatic rings. The molecule has 116 valence electrons. The topological polar surface area (TPSA) is 28.7 Å². The molecule has 2 nitrogen and oxygen atoms in total. The lowest BCUT2D eigenvalue weighted by atomic mass is 9.76. The van der Waals surface area contributed by atoms with E-state index in [0.717, 1.165) is 12.2 Å². The van der Waals surface area contributed by atoms with Gasteiger partial charge in [0.05, 0.1) is 5.69 Å². The van der Waals surface area contributed by atoms with E-state index in [0.29, 0.717) is 5.92 Å². The number of nitrogens with zero attached hydrogens (tertiary/aromatic N) is 1. The summed E-state index contributed by atoms with van der Waals surface area (Å²) in [6.45, 7) is 18.3.